The third kappa shape index (κ3) is 3.21. The number of aromatic nitrogens is 3. The third-order valence-corrected chi connectivity index (χ3v) is 5.41. The number of fused-ring (bicyclic) bond motifs is 1. The molecular weight excluding hydrogens is 344 g/mol. The van der Waals surface area contributed by atoms with Crippen molar-refractivity contribution in [3.8, 4) is 0 Å². The first-order chi connectivity index (χ1) is 12.6. The van der Waals surface area contributed by atoms with Crippen LogP contribution in [0.3, 0.4) is 0 Å². The molecule has 1 aromatic carbocycles. The molecular formula is C20H22N4OS. The van der Waals surface area contributed by atoms with Gasteiger partial charge in [-0.1, -0.05) is 0 Å². The Hall–Kier alpha value is -2.34. The van der Waals surface area contributed by atoms with Crippen molar-refractivity contribution in [3.63, 3.8) is 0 Å². The second-order valence-corrected chi connectivity index (χ2v) is 7.85. The van der Waals surface area contributed by atoms with Crippen molar-refractivity contribution in [1.82, 2.24) is 14.8 Å². The predicted molar refractivity (Wildman–Crippen MR) is 106 cm³/mol. The Kier molecular flexibility index (Phi) is 4.44. The Bertz CT molecular complexity index is 958. The normalized spacial score (nSPS) is 14.2. The van der Waals surface area contributed by atoms with E-state index in [-0.39, 0.29) is 11.9 Å². The summed E-state index contributed by atoms with van der Waals surface area (Å²) in [5.41, 5.74) is 3.25. The van der Waals surface area contributed by atoms with Crippen LogP contribution in [0.4, 0.5) is 5.69 Å². The van der Waals surface area contributed by atoms with Crippen molar-refractivity contribution < 1.29 is 4.79 Å². The molecule has 0 unspecified atom stereocenters. The molecule has 134 valence electrons. The van der Waals surface area contributed by atoms with E-state index in [1.54, 1.807) is 18.0 Å². The van der Waals surface area contributed by atoms with Crippen LogP contribution in [-0.2, 0) is 0 Å². The summed E-state index contributed by atoms with van der Waals surface area (Å²) in [6.07, 6.45) is 6.08. The Morgan fingerprint density at radius 3 is 2.62 bits per heavy atom. The van der Waals surface area contributed by atoms with Crippen LogP contribution in [-0.4, -0.2) is 26.9 Å². The van der Waals surface area contributed by atoms with Gasteiger partial charge in [-0.3, -0.25) is 4.79 Å². The largest absolute Gasteiger partial charge is 0.322 e. The molecule has 1 fully saturated rings. The molecule has 1 aliphatic carbocycles. The Labute approximate surface area is 157 Å². The SMILES string of the molecule is CSc1ccc(NC(=O)c2cc(C3CC3)nc3c2cnn3C(C)C)cc1. The summed E-state index contributed by atoms with van der Waals surface area (Å²) < 4.78 is 1.89. The maximum atomic E-state index is 13.0. The number of hydrogen-bond donors (Lipinski definition) is 1. The van der Waals surface area contributed by atoms with E-state index in [1.165, 1.54) is 4.90 Å². The summed E-state index contributed by atoms with van der Waals surface area (Å²) in [7, 11) is 0. The van der Waals surface area contributed by atoms with Gasteiger partial charge < -0.3 is 5.32 Å². The van der Waals surface area contributed by atoms with Gasteiger partial charge in [-0.25, -0.2) is 9.67 Å². The molecule has 5 nitrogen and oxygen atoms in total. The molecule has 4 rings (SSSR count). The van der Waals surface area contributed by atoms with Gasteiger partial charge in [-0.05, 0) is 63.3 Å². The average molecular weight is 366 g/mol. The first kappa shape index (κ1) is 17.1. The van der Waals surface area contributed by atoms with Crippen molar-refractivity contribution >= 4 is 34.4 Å². The first-order valence-electron chi connectivity index (χ1n) is 8.90. The van der Waals surface area contributed by atoms with Gasteiger partial charge in [-0.15, -0.1) is 11.8 Å². The summed E-state index contributed by atoms with van der Waals surface area (Å²) in [6.45, 7) is 4.15. The summed E-state index contributed by atoms with van der Waals surface area (Å²) in [5, 5.41) is 8.28. The smallest absolute Gasteiger partial charge is 0.256 e. The average Bonchev–Trinajstić information content (AvgIpc) is 3.40. The van der Waals surface area contributed by atoms with Crippen molar-refractivity contribution in [3.05, 3.63) is 47.8 Å². The van der Waals surface area contributed by atoms with Crippen LogP contribution in [0.1, 0.15) is 54.7 Å². The Morgan fingerprint density at radius 1 is 1.27 bits per heavy atom. The van der Waals surface area contributed by atoms with E-state index in [0.717, 1.165) is 35.3 Å². The van der Waals surface area contributed by atoms with Gasteiger partial charge in [-0.2, -0.15) is 5.10 Å². The zero-order valence-electron chi connectivity index (χ0n) is 15.2. The maximum Gasteiger partial charge on any atom is 0.256 e. The minimum Gasteiger partial charge on any atom is -0.322 e. The van der Waals surface area contributed by atoms with Crippen LogP contribution in [0, 0.1) is 0 Å². The van der Waals surface area contributed by atoms with E-state index in [4.69, 9.17) is 4.98 Å². The molecule has 0 spiro atoms. The number of pyridine rings is 1. The molecule has 6 heteroatoms. The zero-order chi connectivity index (χ0) is 18.3. The van der Waals surface area contributed by atoms with Gasteiger partial charge in [0.1, 0.15) is 0 Å². The van der Waals surface area contributed by atoms with Gasteiger partial charge in [0.15, 0.2) is 5.65 Å². The molecule has 1 aliphatic rings. The summed E-state index contributed by atoms with van der Waals surface area (Å²) in [5.74, 6) is 0.363. The molecule has 0 radical (unpaired) electrons. The van der Waals surface area contributed by atoms with Crippen molar-refractivity contribution in [1.29, 1.82) is 0 Å². The van der Waals surface area contributed by atoms with Gasteiger partial charge in [0.25, 0.3) is 5.91 Å². The number of amides is 1. The van der Waals surface area contributed by atoms with Crippen LogP contribution in [0.5, 0.6) is 0 Å². The highest BCUT2D eigenvalue weighted by molar-refractivity contribution is 7.98. The number of anilines is 1. The number of carbonyl (C=O) groups excluding carboxylic acids is 1. The van der Waals surface area contributed by atoms with Crippen LogP contribution in [0.2, 0.25) is 0 Å². The lowest BCUT2D eigenvalue weighted by molar-refractivity contribution is 0.102. The predicted octanol–water partition coefficient (Wildman–Crippen LogP) is 4.86. The number of nitrogens with zero attached hydrogens (tertiary/aromatic N) is 3. The van der Waals surface area contributed by atoms with Crippen LogP contribution in [0.15, 0.2) is 41.4 Å². The highest BCUT2D eigenvalue weighted by atomic mass is 32.2. The van der Waals surface area contributed by atoms with Gasteiger partial charge >= 0.3 is 0 Å². The second-order valence-electron chi connectivity index (χ2n) is 6.97. The molecule has 2 heterocycles. The molecule has 2 aromatic heterocycles. The quantitative estimate of drug-likeness (QED) is 0.655. The Morgan fingerprint density at radius 2 is 2.00 bits per heavy atom. The molecule has 0 saturated heterocycles. The van der Waals surface area contributed by atoms with E-state index in [1.807, 2.05) is 41.3 Å². The summed E-state index contributed by atoms with van der Waals surface area (Å²) >= 11 is 1.68. The molecule has 0 atom stereocenters. The molecule has 1 saturated carbocycles. The first-order valence-corrected chi connectivity index (χ1v) is 10.1. The molecule has 1 N–H and O–H groups in total. The van der Waals surface area contributed by atoms with E-state index in [2.05, 4.69) is 24.3 Å². The van der Waals surface area contributed by atoms with E-state index in [0.29, 0.717) is 11.5 Å². The Balaban J connectivity index is 1.72. The zero-order valence-corrected chi connectivity index (χ0v) is 16.0. The van der Waals surface area contributed by atoms with E-state index in [9.17, 15) is 4.79 Å². The third-order valence-electron chi connectivity index (χ3n) is 4.66. The van der Waals surface area contributed by atoms with Crippen molar-refractivity contribution in [2.75, 3.05) is 11.6 Å². The molecule has 1 amide bonds. The lowest BCUT2D eigenvalue weighted by Crippen LogP contribution is -2.13. The lowest BCUT2D eigenvalue weighted by Gasteiger charge is -2.11. The summed E-state index contributed by atoms with van der Waals surface area (Å²) in [6, 6.07) is 10.0. The molecule has 26 heavy (non-hydrogen) atoms. The minimum absolute atomic E-state index is 0.112. The number of benzene rings is 1. The second kappa shape index (κ2) is 6.76. The molecule has 3 aromatic rings. The van der Waals surface area contributed by atoms with Gasteiger partial charge in [0.2, 0.25) is 0 Å². The van der Waals surface area contributed by atoms with Crippen LogP contribution in [0.25, 0.3) is 11.0 Å². The number of nitrogens with one attached hydrogen (secondary N) is 1. The fourth-order valence-corrected chi connectivity index (χ4v) is 3.47. The fraction of sp³-hybridized carbons (Fsp3) is 0.350. The highest BCUT2D eigenvalue weighted by Gasteiger charge is 2.28. The number of thioether (sulfide) groups is 1. The van der Waals surface area contributed by atoms with Crippen LogP contribution < -0.4 is 5.32 Å². The topological polar surface area (TPSA) is 59.8 Å². The van der Waals surface area contributed by atoms with Crippen molar-refractivity contribution in [2.24, 2.45) is 0 Å². The van der Waals surface area contributed by atoms with E-state index >= 15 is 0 Å². The van der Waals surface area contributed by atoms with Crippen molar-refractivity contribution in [2.45, 2.75) is 43.5 Å². The monoisotopic (exact) mass is 366 g/mol. The fourth-order valence-electron chi connectivity index (χ4n) is 3.06. The number of hydrogen-bond acceptors (Lipinski definition) is 4. The van der Waals surface area contributed by atoms with E-state index < -0.39 is 0 Å². The highest BCUT2D eigenvalue weighted by Crippen LogP contribution is 2.40. The summed E-state index contributed by atoms with van der Waals surface area (Å²) in [4.78, 5) is 19.0. The molecule has 0 bridgehead atoms. The maximum absolute atomic E-state index is 13.0. The van der Waals surface area contributed by atoms with Gasteiger partial charge in [0.05, 0.1) is 17.1 Å². The van der Waals surface area contributed by atoms with Crippen LogP contribution >= 0.6 is 11.8 Å². The minimum atomic E-state index is -0.112. The number of rotatable bonds is 5. The van der Waals surface area contributed by atoms with Gasteiger partial charge in [0, 0.05) is 28.2 Å². The standard InChI is InChI=1S/C20H22N4OS/c1-12(2)24-19-17(11-21-24)16(10-18(23-19)13-4-5-13)20(25)22-14-6-8-15(26-3)9-7-14/h6-13H,4-5H2,1-3H3,(H,22,25). The molecule has 0 aliphatic heterocycles. The number of carbonyl (C=O) groups is 1. The lowest BCUT2D eigenvalue weighted by atomic mass is 10.1.